The quantitative estimate of drug-likeness (QED) is 0.750. The number of nitrogens with zero attached hydrogens (tertiary/aromatic N) is 1. The molecular weight excluding hydrogens is 320 g/mol. The molecule has 0 heterocycles. The fourth-order valence-electron chi connectivity index (χ4n) is 2.25. The lowest BCUT2D eigenvalue weighted by molar-refractivity contribution is -0.145. The van der Waals surface area contributed by atoms with Gasteiger partial charge in [-0.2, -0.15) is 0 Å². The van der Waals surface area contributed by atoms with E-state index in [0.29, 0.717) is 18.1 Å². The van der Waals surface area contributed by atoms with E-state index in [4.69, 9.17) is 9.84 Å². The summed E-state index contributed by atoms with van der Waals surface area (Å²) in [5.41, 5.74) is 0.391. The van der Waals surface area contributed by atoms with E-state index in [1.165, 1.54) is 11.0 Å². The van der Waals surface area contributed by atoms with Crippen molar-refractivity contribution >= 4 is 11.9 Å². The summed E-state index contributed by atoms with van der Waals surface area (Å²) in [6.45, 7) is 2.10. The van der Waals surface area contributed by atoms with Crippen molar-refractivity contribution in [2.75, 3.05) is 13.2 Å². The first-order valence-corrected chi connectivity index (χ1v) is 7.93. The summed E-state index contributed by atoms with van der Waals surface area (Å²) in [7, 11) is 0. The minimum atomic E-state index is -1.04. The molecule has 132 valence electrons. The van der Waals surface area contributed by atoms with Crippen molar-refractivity contribution in [3.05, 3.63) is 35.4 Å². The zero-order valence-electron chi connectivity index (χ0n) is 13.5. The van der Waals surface area contributed by atoms with Gasteiger partial charge in [0.05, 0.1) is 13.0 Å². The SMILES string of the molecule is C[C@H](OCC1CC1)C(=O)N(CCC(=O)O)Cc1ccc(F)c(F)c1. The van der Waals surface area contributed by atoms with Crippen LogP contribution in [0.2, 0.25) is 0 Å². The Labute approximate surface area is 139 Å². The van der Waals surface area contributed by atoms with Gasteiger partial charge < -0.3 is 14.7 Å². The minimum Gasteiger partial charge on any atom is -0.481 e. The number of rotatable bonds is 9. The second kappa shape index (κ2) is 8.19. The molecule has 24 heavy (non-hydrogen) atoms. The Morgan fingerprint density at radius 1 is 1.33 bits per heavy atom. The monoisotopic (exact) mass is 341 g/mol. The molecule has 2 rings (SSSR count). The van der Waals surface area contributed by atoms with Crippen LogP contribution in [-0.4, -0.2) is 41.1 Å². The van der Waals surface area contributed by atoms with E-state index in [-0.39, 0.29) is 25.4 Å². The molecule has 0 unspecified atom stereocenters. The maximum Gasteiger partial charge on any atom is 0.305 e. The second-order valence-corrected chi connectivity index (χ2v) is 6.07. The Hall–Kier alpha value is -2.02. The van der Waals surface area contributed by atoms with Crippen molar-refractivity contribution in [1.29, 1.82) is 0 Å². The Kier molecular flexibility index (Phi) is 6.25. The Balaban J connectivity index is 2.02. The molecule has 1 atom stereocenters. The van der Waals surface area contributed by atoms with Crippen molar-refractivity contribution < 1.29 is 28.2 Å². The van der Waals surface area contributed by atoms with Gasteiger partial charge in [-0.05, 0) is 43.4 Å². The maximum atomic E-state index is 13.3. The summed E-state index contributed by atoms with van der Waals surface area (Å²) in [4.78, 5) is 24.6. The predicted molar refractivity (Wildman–Crippen MR) is 82.2 cm³/mol. The van der Waals surface area contributed by atoms with E-state index >= 15 is 0 Å². The van der Waals surface area contributed by atoms with E-state index in [0.717, 1.165) is 25.0 Å². The van der Waals surface area contributed by atoms with Crippen LogP contribution < -0.4 is 0 Å². The average Bonchev–Trinajstić information content (AvgIpc) is 3.36. The summed E-state index contributed by atoms with van der Waals surface area (Å²) in [6, 6.07) is 3.36. The number of hydrogen-bond donors (Lipinski definition) is 1. The van der Waals surface area contributed by atoms with Crippen LogP contribution in [0.3, 0.4) is 0 Å². The van der Waals surface area contributed by atoms with E-state index < -0.39 is 23.7 Å². The van der Waals surface area contributed by atoms with Crippen molar-refractivity contribution in [1.82, 2.24) is 4.90 Å². The minimum absolute atomic E-state index is 0.000438. The zero-order chi connectivity index (χ0) is 17.7. The Morgan fingerprint density at radius 2 is 2.04 bits per heavy atom. The lowest BCUT2D eigenvalue weighted by Gasteiger charge is -2.25. The molecule has 0 bridgehead atoms. The number of carboxylic acids is 1. The standard InChI is InChI=1S/C17H21F2NO4/c1-11(24-10-12-2-3-12)17(23)20(7-6-16(21)22)9-13-4-5-14(18)15(19)8-13/h4-5,8,11-12H,2-3,6-7,9-10H2,1H3,(H,21,22)/t11-/m0/s1. The number of hydrogen-bond acceptors (Lipinski definition) is 3. The van der Waals surface area contributed by atoms with Gasteiger partial charge in [0.2, 0.25) is 0 Å². The average molecular weight is 341 g/mol. The van der Waals surface area contributed by atoms with Gasteiger partial charge in [-0.25, -0.2) is 8.78 Å². The summed E-state index contributed by atoms with van der Waals surface area (Å²) >= 11 is 0. The lowest BCUT2D eigenvalue weighted by Crippen LogP contribution is -2.40. The van der Waals surface area contributed by atoms with Crippen molar-refractivity contribution in [3.63, 3.8) is 0 Å². The smallest absolute Gasteiger partial charge is 0.305 e. The molecule has 0 spiro atoms. The van der Waals surface area contributed by atoms with Gasteiger partial charge in [0.25, 0.3) is 5.91 Å². The van der Waals surface area contributed by atoms with Crippen LogP contribution in [0.25, 0.3) is 0 Å². The van der Waals surface area contributed by atoms with Crippen LogP contribution in [0.1, 0.15) is 31.7 Å². The number of carboxylic acid groups (broad SMARTS) is 1. The first-order chi connectivity index (χ1) is 11.4. The molecule has 1 saturated carbocycles. The summed E-state index contributed by atoms with van der Waals surface area (Å²) in [5.74, 6) is -2.87. The lowest BCUT2D eigenvalue weighted by atomic mass is 10.2. The molecular formula is C17H21F2NO4. The van der Waals surface area contributed by atoms with Crippen LogP contribution in [0.4, 0.5) is 8.78 Å². The third kappa shape index (κ3) is 5.56. The van der Waals surface area contributed by atoms with Crippen LogP contribution >= 0.6 is 0 Å². The number of carbonyl (C=O) groups is 2. The Morgan fingerprint density at radius 3 is 2.62 bits per heavy atom. The molecule has 1 fully saturated rings. The summed E-state index contributed by atoms with van der Waals surface area (Å²) in [6.07, 6.45) is 1.26. The highest BCUT2D eigenvalue weighted by atomic mass is 19.2. The topological polar surface area (TPSA) is 66.8 Å². The molecule has 1 aliphatic carbocycles. The largest absolute Gasteiger partial charge is 0.481 e. The van der Waals surface area contributed by atoms with Crippen LogP contribution in [0, 0.1) is 17.6 Å². The van der Waals surface area contributed by atoms with Gasteiger partial charge in [0, 0.05) is 13.1 Å². The van der Waals surface area contributed by atoms with Crippen LogP contribution in [-0.2, 0) is 20.9 Å². The highest BCUT2D eigenvalue weighted by Gasteiger charge is 2.26. The summed E-state index contributed by atoms with van der Waals surface area (Å²) < 4.78 is 31.9. The third-order valence-corrected chi connectivity index (χ3v) is 3.89. The fourth-order valence-corrected chi connectivity index (χ4v) is 2.25. The van der Waals surface area contributed by atoms with Gasteiger partial charge in [-0.15, -0.1) is 0 Å². The second-order valence-electron chi connectivity index (χ2n) is 6.07. The van der Waals surface area contributed by atoms with Crippen molar-refractivity contribution in [2.45, 2.75) is 38.8 Å². The Bertz CT molecular complexity index is 604. The molecule has 0 saturated heterocycles. The number of halogens is 2. The molecule has 0 radical (unpaired) electrons. The molecule has 5 nitrogen and oxygen atoms in total. The van der Waals surface area contributed by atoms with Crippen molar-refractivity contribution in [2.24, 2.45) is 5.92 Å². The van der Waals surface area contributed by atoms with Gasteiger partial charge in [0.1, 0.15) is 6.10 Å². The van der Waals surface area contributed by atoms with Gasteiger partial charge in [-0.1, -0.05) is 6.07 Å². The van der Waals surface area contributed by atoms with Crippen LogP contribution in [0.5, 0.6) is 0 Å². The zero-order valence-corrected chi connectivity index (χ0v) is 13.5. The molecule has 0 aliphatic heterocycles. The van der Waals surface area contributed by atoms with Crippen molar-refractivity contribution in [3.8, 4) is 0 Å². The number of ether oxygens (including phenoxy) is 1. The summed E-state index contributed by atoms with van der Waals surface area (Å²) in [5, 5.41) is 8.83. The highest BCUT2D eigenvalue weighted by Crippen LogP contribution is 2.29. The molecule has 0 aromatic heterocycles. The van der Waals surface area contributed by atoms with Gasteiger partial charge in [0.15, 0.2) is 11.6 Å². The molecule has 1 amide bonds. The third-order valence-electron chi connectivity index (χ3n) is 3.89. The number of amides is 1. The molecule has 1 aliphatic rings. The first kappa shape index (κ1) is 18.3. The van der Waals surface area contributed by atoms with E-state index in [1.54, 1.807) is 6.92 Å². The van der Waals surface area contributed by atoms with Gasteiger partial charge >= 0.3 is 5.97 Å². The molecule has 7 heteroatoms. The van der Waals surface area contributed by atoms with Gasteiger partial charge in [-0.3, -0.25) is 9.59 Å². The number of carbonyl (C=O) groups excluding carboxylic acids is 1. The molecule has 1 aromatic carbocycles. The fraction of sp³-hybridized carbons (Fsp3) is 0.529. The van der Waals surface area contributed by atoms with E-state index in [1.807, 2.05) is 0 Å². The van der Waals surface area contributed by atoms with Crippen LogP contribution in [0.15, 0.2) is 18.2 Å². The molecule has 1 N–H and O–H groups in total. The highest BCUT2D eigenvalue weighted by molar-refractivity contribution is 5.81. The molecule has 1 aromatic rings. The van der Waals surface area contributed by atoms with E-state index in [9.17, 15) is 18.4 Å². The maximum absolute atomic E-state index is 13.3. The number of benzene rings is 1. The normalized spacial score (nSPS) is 15.1. The predicted octanol–water partition coefficient (Wildman–Crippen LogP) is 2.58. The number of aliphatic carboxylic acids is 1. The van der Waals surface area contributed by atoms with E-state index in [2.05, 4.69) is 0 Å². The first-order valence-electron chi connectivity index (χ1n) is 7.93.